The smallest absolute Gasteiger partial charge is 0.236 e. The van der Waals surface area contributed by atoms with Crippen molar-refractivity contribution in [3.63, 3.8) is 0 Å². The van der Waals surface area contributed by atoms with E-state index in [9.17, 15) is 0 Å². The number of rotatable bonds is 4. The van der Waals surface area contributed by atoms with Crippen molar-refractivity contribution in [2.24, 2.45) is 0 Å². The zero-order valence-corrected chi connectivity index (χ0v) is 55.8. The van der Waals surface area contributed by atoms with Gasteiger partial charge in [0.05, 0.1) is 22.1 Å². The van der Waals surface area contributed by atoms with E-state index in [1.54, 1.807) is 0 Å². The van der Waals surface area contributed by atoms with Crippen molar-refractivity contribution in [2.45, 2.75) is 0 Å². The Hall–Kier alpha value is -13.1. The SMILES string of the molecule is c1ccc2c(c1)cc(-c1nc(-n3c4ccccc4c4c5c6ccccc6sc5c5ccccc5c43)nc3c1oc1ccccc13)c1ccccc12.c1ccc2c(c1)ccc1cc(-c3nc(-n4c5ccccc5c5c6c7ccccc7sc6c6ccccc6c54)nc4c3oc3ccccc34)ccc12. The van der Waals surface area contributed by atoms with Crippen molar-refractivity contribution >= 4 is 215 Å². The van der Waals surface area contributed by atoms with Gasteiger partial charge in [0, 0.05) is 105 Å². The van der Waals surface area contributed by atoms with Gasteiger partial charge < -0.3 is 8.83 Å². The van der Waals surface area contributed by atoms with Crippen molar-refractivity contribution in [3.8, 4) is 34.4 Å². The molecule has 102 heavy (non-hydrogen) atoms. The van der Waals surface area contributed by atoms with Crippen LogP contribution in [0.25, 0.3) is 227 Å². The van der Waals surface area contributed by atoms with Crippen LogP contribution in [0, 0.1) is 0 Å². The van der Waals surface area contributed by atoms with Crippen LogP contribution in [-0.2, 0) is 0 Å². The number of nitrogens with zero attached hydrogens (tertiary/aromatic N) is 6. The van der Waals surface area contributed by atoms with Gasteiger partial charge in [0.15, 0.2) is 11.2 Å². The summed E-state index contributed by atoms with van der Waals surface area (Å²) in [5.74, 6) is 1.24. The third-order valence-corrected chi connectivity index (χ3v) is 23.6. The minimum atomic E-state index is 0.622. The first kappa shape index (κ1) is 55.8. The van der Waals surface area contributed by atoms with Crippen LogP contribution >= 0.6 is 22.7 Å². The van der Waals surface area contributed by atoms with Crippen molar-refractivity contribution < 1.29 is 8.83 Å². The summed E-state index contributed by atoms with van der Waals surface area (Å²) < 4.78 is 23.1. The fourth-order valence-corrected chi connectivity index (χ4v) is 19.3. The van der Waals surface area contributed by atoms with Gasteiger partial charge in [0.2, 0.25) is 11.9 Å². The minimum Gasteiger partial charge on any atom is -0.452 e. The highest BCUT2D eigenvalue weighted by atomic mass is 32.1. The molecule has 10 heteroatoms. The molecule has 24 aromatic rings. The number of hydrogen-bond acceptors (Lipinski definition) is 8. The van der Waals surface area contributed by atoms with Crippen LogP contribution in [0.2, 0.25) is 0 Å². The molecule has 0 saturated heterocycles. The maximum absolute atomic E-state index is 6.68. The number of para-hydroxylation sites is 4. The second-order valence-corrected chi connectivity index (χ2v) is 28.7. The van der Waals surface area contributed by atoms with Crippen LogP contribution in [0.1, 0.15) is 0 Å². The van der Waals surface area contributed by atoms with Gasteiger partial charge in [-0.25, -0.2) is 19.9 Å². The molecule has 0 unspecified atom stereocenters. The van der Waals surface area contributed by atoms with Gasteiger partial charge in [-0.1, -0.05) is 243 Å². The van der Waals surface area contributed by atoms with Crippen LogP contribution in [0.15, 0.2) is 312 Å². The quantitative estimate of drug-likeness (QED) is 0.163. The number of hydrogen-bond donors (Lipinski definition) is 0. The molecule has 0 aliphatic carbocycles. The Bertz CT molecular complexity index is 7800. The number of furan rings is 2. The predicted octanol–water partition coefficient (Wildman–Crippen LogP) is 25.9. The molecule has 24 rings (SSSR count). The average molecular weight is 1340 g/mol. The first-order valence-electron chi connectivity index (χ1n) is 34.3. The molecule has 472 valence electrons. The maximum atomic E-state index is 6.68. The summed E-state index contributed by atoms with van der Waals surface area (Å²) in [6, 6.07) is 108. The minimum absolute atomic E-state index is 0.622. The fraction of sp³-hybridized carbons (Fsp3) is 0. The Morgan fingerprint density at radius 1 is 0.265 bits per heavy atom. The van der Waals surface area contributed by atoms with E-state index in [0.717, 1.165) is 93.7 Å². The van der Waals surface area contributed by atoms with Gasteiger partial charge >= 0.3 is 0 Å². The molecule has 0 saturated carbocycles. The molecule has 0 amide bonds. The summed E-state index contributed by atoms with van der Waals surface area (Å²) in [6.07, 6.45) is 0. The zero-order valence-electron chi connectivity index (χ0n) is 54.2. The Balaban J connectivity index is 0.000000126. The molecule has 0 aliphatic heterocycles. The summed E-state index contributed by atoms with van der Waals surface area (Å²) in [5, 5.41) is 26.3. The van der Waals surface area contributed by atoms with E-state index in [2.05, 4.69) is 282 Å². The van der Waals surface area contributed by atoms with Crippen LogP contribution < -0.4 is 0 Å². The third kappa shape index (κ3) is 7.84. The lowest BCUT2D eigenvalue weighted by atomic mass is 9.95. The van der Waals surface area contributed by atoms with Crippen LogP contribution in [0.5, 0.6) is 0 Å². The number of fused-ring (bicyclic) bond motifs is 32. The molecule has 0 fully saturated rings. The number of benzene rings is 16. The molecule has 8 heterocycles. The normalized spacial score (nSPS) is 12.3. The first-order chi connectivity index (χ1) is 50.6. The highest BCUT2D eigenvalue weighted by Crippen LogP contribution is 2.51. The van der Waals surface area contributed by atoms with E-state index in [4.69, 9.17) is 28.8 Å². The number of thiophene rings is 2. The molecule has 0 radical (unpaired) electrons. The van der Waals surface area contributed by atoms with E-state index >= 15 is 0 Å². The van der Waals surface area contributed by atoms with Crippen molar-refractivity contribution in [1.82, 2.24) is 29.1 Å². The molecular weight excluding hydrogens is 1290 g/mol. The van der Waals surface area contributed by atoms with Gasteiger partial charge in [0.25, 0.3) is 0 Å². The molecule has 8 aromatic heterocycles. The lowest BCUT2D eigenvalue weighted by Crippen LogP contribution is -2.03. The van der Waals surface area contributed by atoms with Crippen LogP contribution in [0.3, 0.4) is 0 Å². The van der Waals surface area contributed by atoms with Crippen molar-refractivity contribution in [2.75, 3.05) is 0 Å². The average Bonchev–Trinajstić information content (AvgIpc) is 1.54. The molecule has 0 spiro atoms. The monoisotopic (exact) mass is 1330 g/mol. The predicted molar refractivity (Wildman–Crippen MR) is 429 cm³/mol. The molecule has 0 bridgehead atoms. The van der Waals surface area contributed by atoms with Crippen molar-refractivity contribution in [1.29, 1.82) is 0 Å². The summed E-state index contributed by atoms with van der Waals surface area (Å²) in [4.78, 5) is 21.9. The number of aromatic nitrogens is 6. The van der Waals surface area contributed by atoms with Crippen LogP contribution in [0.4, 0.5) is 0 Å². The molecular formula is C92H50N6O2S2. The van der Waals surface area contributed by atoms with Gasteiger partial charge in [0.1, 0.15) is 33.6 Å². The van der Waals surface area contributed by atoms with E-state index in [0.29, 0.717) is 23.1 Å². The molecule has 0 atom stereocenters. The van der Waals surface area contributed by atoms with Gasteiger partial charge in [-0.05, 0) is 104 Å². The highest BCUT2D eigenvalue weighted by molar-refractivity contribution is 7.27. The van der Waals surface area contributed by atoms with E-state index in [1.165, 1.54) is 110 Å². The topological polar surface area (TPSA) is 87.7 Å². The lowest BCUT2D eigenvalue weighted by Gasteiger charge is -2.13. The summed E-state index contributed by atoms with van der Waals surface area (Å²) in [7, 11) is 0. The molecule has 16 aromatic carbocycles. The molecule has 0 N–H and O–H groups in total. The second kappa shape index (κ2) is 21.2. The Labute approximate surface area is 587 Å². The largest absolute Gasteiger partial charge is 0.452 e. The zero-order chi connectivity index (χ0) is 66.4. The van der Waals surface area contributed by atoms with Crippen molar-refractivity contribution in [3.05, 3.63) is 303 Å². The second-order valence-electron chi connectivity index (χ2n) is 26.6. The third-order valence-electron chi connectivity index (χ3n) is 21.2. The van der Waals surface area contributed by atoms with E-state index in [1.807, 2.05) is 53.0 Å². The van der Waals surface area contributed by atoms with Gasteiger partial charge in [-0.3, -0.25) is 9.13 Å². The molecule has 0 aliphatic rings. The maximum Gasteiger partial charge on any atom is 0.236 e. The highest BCUT2D eigenvalue weighted by Gasteiger charge is 2.29. The van der Waals surface area contributed by atoms with E-state index in [-0.39, 0.29) is 0 Å². The van der Waals surface area contributed by atoms with Gasteiger partial charge in [-0.15, -0.1) is 22.7 Å². The van der Waals surface area contributed by atoms with Gasteiger partial charge in [-0.2, -0.15) is 0 Å². The first-order valence-corrected chi connectivity index (χ1v) is 36.0. The lowest BCUT2D eigenvalue weighted by molar-refractivity contribution is 0.666. The van der Waals surface area contributed by atoms with E-state index < -0.39 is 0 Å². The Morgan fingerprint density at radius 3 is 1.23 bits per heavy atom. The summed E-state index contributed by atoms with van der Waals surface area (Å²) in [6.45, 7) is 0. The van der Waals surface area contributed by atoms with Crippen LogP contribution in [-0.4, -0.2) is 29.1 Å². The standard InChI is InChI=1S/2C46H25N3OS/c1-2-12-29-26(11-1)21-22-27-25-28(23-24-30(27)29)41-44-42(34-16-6-9-19-37(34)50-44)48-46(47-41)49-36-18-8-5-15-33(36)39-40-35-17-7-10-20-38(35)51-45(40)32-14-4-3-13-31(32)43(39)49;1-2-14-27-26(13-1)25-35(29-16-4-3-15-28(27)29)42-44-41(33-20-8-11-23-37(33)50-44)47-46(48-42)49-36-22-10-7-19-32(36)39-40-34-21-9-12-24-38(34)51-45(40)31-18-6-5-17-30(31)43(39)49/h2*1-25H. The Kier molecular flexibility index (Phi) is 11.6. The fourth-order valence-electron chi connectivity index (χ4n) is 16.8. The Morgan fingerprint density at radius 2 is 0.657 bits per heavy atom. The molecule has 8 nitrogen and oxygen atoms in total. The summed E-state index contributed by atoms with van der Waals surface area (Å²) >= 11 is 3.75. The summed E-state index contributed by atoms with van der Waals surface area (Å²) in [5.41, 5.74) is 12.5.